The van der Waals surface area contributed by atoms with E-state index >= 15 is 0 Å². The van der Waals surface area contributed by atoms with Crippen molar-refractivity contribution in [3.8, 4) is 5.75 Å². The van der Waals surface area contributed by atoms with Gasteiger partial charge in [0.1, 0.15) is 17.3 Å². The number of rotatable bonds is 10. The number of aryl methyl sites for hydroxylation is 2. The van der Waals surface area contributed by atoms with Crippen molar-refractivity contribution in [2.24, 2.45) is 11.3 Å². The Kier molecular flexibility index (Phi) is 9.31. The lowest BCUT2D eigenvalue weighted by atomic mass is 9.95. The van der Waals surface area contributed by atoms with Crippen molar-refractivity contribution in [2.45, 2.75) is 72.1 Å². The first-order valence-electron chi connectivity index (χ1n) is 13.5. The summed E-state index contributed by atoms with van der Waals surface area (Å²) in [7, 11) is -3.43. The molecule has 1 aromatic heterocycles. The lowest BCUT2D eigenvalue weighted by Crippen LogP contribution is -2.33. The van der Waals surface area contributed by atoms with E-state index in [1.54, 1.807) is 41.0 Å². The van der Waals surface area contributed by atoms with E-state index in [-0.39, 0.29) is 30.6 Å². The van der Waals surface area contributed by atoms with E-state index in [1.807, 2.05) is 26.1 Å². The molecule has 40 heavy (non-hydrogen) atoms. The van der Waals surface area contributed by atoms with Crippen LogP contribution in [0.5, 0.6) is 5.75 Å². The van der Waals surface area contributed by atoms with Gasteiger partial charge in [0.15, 0.2) is 0 Å². The topological polar surface area (TPSA) is 110 Å². The van der Waals surface area contributed by atoms with Gasteiger partial charge in [0.05, 0.1) is 29.7 Å². The van der Waals surface area contributed by atoms with Gasteiger partial charge >= 0.3 is 5.97 Å². The van der Waals surface area contributed by atoms with Gasteiger partial charge in [-0.3, -0.25) is 18.6 Å². The Labute approximate surface area is 236 Å². The first-order valence-corrected chi connectivity index (χ1v) is 15.0. The van der Waals surface area contributed by atoms with Crippen molar-refractivity contribution in [3.05, 3.63) is 70.8 Å². The van der Waals surface area contributed by atoms with Crippen LogP contribution in [0.4, 0.5) is 4.39 Å². The van der Waals surface area contributed by atoms with Gasteiger partial charge in [0.2, 0.25) is 0 Å². The lowest BCUT2D eigenvalue weighted by molar-refractivity contribution is -0.147. The first kappa shape index (κ1) is 30.1. The molecule has 0 amide bonds. The molecule has 1 unspecified atom stereocenters. The number of carbonyl (C=O) groups is 1. The number of esters is 1. The second kappa shape index (κ2) is 12.4. The molecule has 0 spiro atoms. The summed E-state index contributed by atoms with van der Waals surface area (Å²) < 4.78 is 51.4. The molecule has 0 fully saturated rings. The molecule has 2 heterocycles. The number of halogens is 1. The van der Waals surface area contributed by atoms with Crippen LogP contribution in [0.15, 0.2) is 47.5 Å². The molecule has 2 aromatic carbocycles. The highest BCUT2D eigenvalue weighted by molar-refractivity contribution is 8.22. The number of nitrogens with zero attached hydrogens (tertiary/aromatic N) is 4. The number of benzene rings is 2. The predicted octanol–water partition coefficient (Wildman–Crippen LogP) is 6.00. The number of hydrogen-bond acceptors (Lipinski definition) is 8. The molecule has 3 aromatic rings. The van der Waals surface area contributed by atoms with Crippen molar-refractivity contribution in [1.29, 1.82) is 0 Å². The van der Waals surface area contributed by atoms with Gasteiger partial charge in [0.25, 0.3) is 0 Å². The minimum Gasteiger partial charge on any atom is -0.426 e. The summed E-state index contributed by atoms with van der Waals surface area (Å²) >= 11 is 0. The molecule has 0 saturated carbocycles. The quantitative estimate of drug-likeness (QED) is 0.224. The molecular formula is C29H39FN4O5S. The Morgan fingerprint density at radius 1 is 1.23 bits per heavy atom. The third-order valence-electron chi connectivity index (χ3n) is 6.95. The Bertz CT molecular complexity index is 1350. The summed E-state index contributed by atoms with van der Waals surface area (Å²) in [6.07, 6.45) is 3.40. The fourth-order valence-electron chi connectivity index (χ4n) is 4.67. The van der Waals surface area contributed by atoms with Gasteiger partial charge in [0, 0.05) is 19.6 Å². The highest BCUT2D eigenvalue weighted by Gasteiger charge is 2.34. The van der Waals surface area contributed by atoms with Crippen molar-refractivity contribution >= 4 is 16.7 Å². The second-order valence-corrected chi connectivity index (χ2v) is 13.2. The molecule has 0 radical (unpaired) electrons. The third kappa shape index (κ3) is 7.08. The summed E-state index contributed by atoms with van der Waals surface area (Å²) in [5.41, 5.74) is 2.20. The van der Waals surface area contributed by atoms with Crippen molar-refractivity contribution < 1.29 is 27.8 Å². The summed E-state index contributed by atoms with van der Waals surface area (Å²) in [4.78, 5) is 13.3. The Hall–Kier alpha value is -2.83. The van der Waals surface area contributed by atoms with Gasteiger partial charge in [-0.1, -0.05) is 31.2 Å². The van der Waals surface area contributed by atoms with E-state index in [2.05, 4.69) is 17.2 Å². The van der Waals surface area contributed by atoms with E-state index in [4.69, 9.17) is 9.47 Å². The van der Waals surface area contributed by atoms with Gasteiger partial charge in [-0.2, -0.15) is 4.31 Å². The molecule has 1 aliphatic rings. The molecule has 0 aliphatic carbocycles. The Morgan fingerprint density at radius 3 is 2.75 bits per heavy atom. The monoisotopic (exact) mass is 574 g/mol. The van der Waals surface area contributed by atoms with Crippen LogP contribution in [0.3, 0.4) is 0 Å². The fourth-order valence-corrected chi connectivity index (χ4v) is 6.50. The van der Waals surface area contributed by atoms with Crippen LogP contribution < -0.4 is 4.74 Å². The minimum atomic E-state index is -3.43. The minimum absolute atomic E-state index is 0.121. The van der Waals surface area contributed by atoms with E-state index in [1.165, 1.54) is 12.1 Å². The molecule has 1 atom stereocenters. The summed E-state index contributed by atoms with van der Waals surface area (Å²) in [6, 6.07) is 9.50. The summed E-state index contributed by atoms with van der Waals surface area (Å²) in [5.74, 6) is -0.482. The third-order valence-corrected chi connectivity index (χ3v) is 8.92. The normalized spacial score (nSPS) is 18.1. The van der Waals surface area contributed by atoms with E-state index in [0.29, 0.717) is 24.4 Å². The largest absolute Gasteiger partial charge is 0.426 e. The summed E-state index contributed by atoms with van der Waals surface area (Å²) in [6.45, 7) is 11.3. The SMILES string of the molecule is CCCn1cc(COCC(C)(C)C(=O)Oc2ccc(C)c(CN3CC(C)Cc4ccc(F)cc4S3(O)O)c2)nn1. The second-order valence-electron chi connectivity index (χ2n) is 11.2. The van der Waals surface area contributed by atoms with Gasteiger partial charge < -0.3 is 9.47 Å². The zero-order chi connectivity index (χ0) is 29.1. The van der Waals surface area contributed by atoms with Gasteiger partial charge in [-0.05, 0) is 80.5 Å². The van der Waals surface area contributed by atoms with E-state index < -0.39 is 28.0 Å². The number of aromatic nitrogens is 3. The number of ether oxygens (including phenoxy) is 2. The van der Waals surface area contributed by atoms with Crippen LogP contribution in [0.2, 0.25) is 0 Å². The molecule has 9 nitrogen and oxygen atoms in total. The highest BCUT2D eigenvalue weighted by atomic mass is 32.3. The standard InChI is InChI=1S/C29H39FN4O5S/c1-6-11-33-17-25(31-32-33)18-38-19-29(4,5)28(35)39-26-10-7-21(3)23(13-26)16-34-15-20(2)12-22-8-9-24(30)14-27(22)40(34,36)37/h7-10,13-14,17,20,36-37H,6,11-12,15-16,18-19H2,1-5H3. The molecule has 0 saturated heterocycles. The average Bonchev–Trinajstić information content (AvgIpc) is 3.30. The maximum absolute atomic E-state index is 14.1. The maximum Gasteiger partial charge on any atom is 0.319 e. The molecule has 1 aliphatic heterocycles. The zero-order valence-corrected chi connectivity index (χ0v) is 24.6. The van der Waals surface area contributed by atoms with Crippen molar-refractivity contribution in [1.82, 2.24) is 19.3 Å². The van der Waals surface area contributed by atoms with Crippen LogP contribution in [0.25, 0.3) is 0 Å². The van der Waals surface area contributed by atoms with Crippen LogP contribution in [0, 0.1) is 24.1 Å². The van der Waals surface area contributed by atoms with Crippen molar-refractivity contribution in [2.75, 3.05) is 13.2 Å². The molecule has 11 heteroatoms. The number of fused-ring (bicyclic) bond motifs is 1. The molecular weight excluding hydrogens is 535 g/mol. The van der Waals surface area contributed by atoms with Crippen LogP contribution in [-0.2, 0) is 35.6 Å². The maximum atomic E-state index is 14.1. The lowest BCUT2D eigenvalue weighted by Gasteiger charge is -2.43. The molecule has 218 valence electrons. The van der Waals surface area contributed by atoms with E-state index in [0.717, 1.165) is 29.7 Å². The molecule has 4 rings (SSSR count). The Balaban J connectivity index is 1.43. The number of carbonyl (C=O) groups excluding carboxylic acids is 1. The summed E-state index contributed by atoms with van der Waals surface area (Å²) in [5, 5.41) is 8.13. The first-order chi connectivity index (χ1) is 18.9. The zero-order valence-electron chi connectivity index (χ0n) is 23.8. The highest BCUT2D eigenvalue weighted by Crippen LogP contribution is 2.56. The van der Waals surface area contributed by atoms with E-state index in [9.17, 15) is 18.3 Å². The van der Waals surface area contributed by atoms with Crippen LogP contribution in [-0.4, -0.2) is 47.5 Å². The van der Waals surface area contributed by atoms with Crippen LogP contribution in [0.1, 0.15) is 56.5 Å². The average molecular weight is 575 g/mol. The molecule has 2 N–H and O–H groups in total. The smallest absolute Gasteiger partial charge is 0.319 e. The van der Waals surface area contributed by atoms with Crippen LogP contribution >= 0.6 is 10.8 Å². The fraction of sp³-hybridized carbons (Fsp3) is 0.483. The Morgan fingerprint density at radius 2 is 2.00 bits per heavy atom. The van der Waals surface area contributed by atoms with Gasteiger partial charge in [-0.25, -0.2) is 4.39 Å². The predicted molar refractivity (Wildman–Crippen MR) is 151 cm³/mol. The number of hydrogen-bond donors (Lipinski definition) is 2. The van der Waals surface area contributed by atoms with Gasteiger partial charge in [-0.15, -0.1) is 15.9 Å². The van der Waals surface area contributed by atoms with Crippen molar-refractivity contribution in [3.63, 3.8) is 0 Å². The molecule has 0 bridgehead atoms.